The van der Waals surface area contributed by atoms with Gasteiger partial charge in [-0.1, -0.05) is 0 Å². The first-order valence-corrected chi connectivity index (χ1v) is 3.88. The van der Waals surface area contributed by atoms with Crippen molar-refractivity contribution in [2.24, 2.45) is 7.05 Å². The van der Waals surface area contributed by atoms with Gasteiger partial charge in [0.15, 0.2) is 5.65 Å². The van der Waals surface area contributed by atoms with E-state index in [0.29, 0.717) is 5.65 Å². The summed E-state index contributed by atoms with van der Waals surface area (Å²) in [7, 11) is 1.87. The largest absolute Gasteiger partial charge is 0.270 e. The van der Waals surface area contributed by atoms with E-state index in [9.17, 15) is 0 Å². The highest BCUT2D eigenvalue weighted by atomic mass is 35.5. The first-order valence-electron chi connectivity index (χ1n) is 3.50. The highest BCUT2D eigenvalue weighted by Gasteiger charge is 2.05. The lowest BCUT2D eigenvalue weighted by Gasteiger charge is -1.90. The number of hydrogen-bond acceptors (Lipinski definition) is 3. The van der Waals surface area contributed by atoms with E-state index in [0.717, 1.165) is 11.1 Å². The first kappa shape index (κ1) is 7.49. The third-order valence-corrected chi connectivity index (χ3v) is 2.04. The number of fused-ring (bicyclic) bond motifs is 1. The molecular formula is C7H7ClN4. The van der Waals surface area contributed by atoms with Gasteiger partial charge in [-0.05, 0) is 18.5 Å². The van der Waals surface area contributed by atoms with Gasteiger partial charge in [0.2, 0.25) is 5.28 Å². The monoisotopic (exact) mass is 182 g/mol. The quantitative estimate of drug-likeness (QED) is 0.578. The van der Waals surface area contributed by atoms with E-state index < -0.39 is 0 Å². The second-order valence-corrected chi connectivity index (χ2v) is 2.92. The number of aryl methyl sites for hydroxylation is 2. The molecule has 0 unspecified atom stereocenters. The highest BCUT2D eigenvalue weighted by molar-refractivity contribution is 6.28. The maximum absolute atomic E-state index is 5.61. The zero-order valence-electron chi connectivity index (χ0n) is 6.74. The summed E-state index contributed by atoms with van der Waals surface area (Å²) in [6, 6.07) is 0. The Morgan fingerprint density at radius 1 is 1.50 bits per heavy atom. The molecule has 0 amide bonds. The molecule has 0 aliphatic rings. The van der Waals surface area contributed by atoms with Crippen molar-refractivity contribution in [2.75, 3.05) is 0 Å². The molecule has 62 valence electrons. The predicted octanol–water partition coefficient (Wildman–Crippen LogP) is 1.33. The van der Waals surface area contributed by atoms with Crippen molar-refractivity contribution in [2.45, 2.75) is 6.92 Å². The molecule has 0 fully saturated rings. The minimum absolute atomic E-state index is 0.237. The van der Waals surface area contributed by atoms with Gasteiger partial charge in [-0.2, -0.15) is 10.1 Å². The number of hydrogen-bond donors (Lipinski definition) is 0. The first-order chi connectivity index (χ1) is 5.68. The lowest BCUT2D eigenvalue weighted by Crippen LogP contribution is -1.91. The molecule has 0 saturated carbocycles. The summed E-state index contributed by atoms with van der Waals surface area (Å²) < 4.78 is 1.76. The van der Waals surface area contributed by atoms with Crippen molar-refractivity contribution in [1.29, 1.82) is 0 Å². The third kappa shape index (κ3) is 0.956. The summed E-state index contributed by atoms with van der Waals surface area (Å²) in [5, 5.41) is 5.34. The summed E-state index contributed by atoms with van der Waals surface area (Å²) in [6.07, 6.45) is 1.69. The molecule has 2 aromatic rings. The van der Waals surface area contributed by atoms with Gasteiger partial charge in [0.25, 0.3) is 0 Å². The van der Waals surface area contributed by atoms with Crippen molar-refractivity contribution in [3.63, 3.8) is 0 Å². The van der Waals surface area contributed by atoms with E-state index >= 15 is 0 Å². The van der Waals surface area contributed by atoms with Crippen molar-refractivity contribution in [3.8, 4) is 0 Å². The summed E-state index contributed by atoms with van der Waals surface area (Å²) in [4.78, 5) is 7.86. The molecule has 0 aromatic carbocycles. The normalized spacial score (nSPS) is 10.9. The summed E-state index contributed by atoms with van der Waals surface area (Å²) >= 11 is 5.61. The predicted molar refractivity (Wildman–Crippen MR) is 46.1 cm³/mol. The van der Waals surface area contributed by atoms with Crippen LogP contribution in [0, 0.1) is 6.92 Å². The minimum atomic E-state index is 0.237. The Morgan fingerprint density at radius 3 is 3.00 bits per heavy atom. The Hall–Kier alpha value is -1.16. The molecule has 2 heterocycles. The molecular weight excluding hydrogens is 176 g/mol. The van der Waals surface area contributed by atoms with Crippen LogP contribution in [0.25, 0.3) is 11.0 Å². The van der Waals surface area contributed by atoms with Crippen molar-refractivity contribution >= 4 is 22.6 Å². The van der Waals surface area contributed by atoms with Crippen molar-refractivity contribution < 1.29 is 0 Å². The molecule has 0 bridgehead atoms. The second kappa shape index (κ2) is 2.42. The SMILES string of the molecule is Cc1c2cnc(Cl)nc2nn1C. The fourth-order valence-electron chi connectivity index (χ4n) is 1.07. The van der Waals surface area contributed by atoms with Gasteiger partial charge in [0, 0.05) is 18.9 Å². The van der Waals surface area contributed by atoms with E-state index in [1.54, 1.807) is 10.9 Å². The van der Waals surface area contributed by atoms with Crippen LogP contribution in [0.4, 0.5) is 0 Å². The van der Waals surface area contributed by atoms with E-state index in [2.05, 4.69) is 15.1 Å². The van der Waals surface area contributed by atoms with Gasteiger partial charge in [-0.3, -0.25) is 4.68 Å². The van der Waals surface area contributed by atoms with Crippen LogP contribution in [0.5, 0.6) is 0 Å². The molecule has 4 nitrogen and oxygen atoms in total. The van der Waals surface area contributed by atoms with E-state index in [1.165, 1.54) is 0 Å². The smallest absolute Gasteiger partial charge is 0.224 e. The molecule has 0 saturated heterocycles. The average Bonchev–Trinajstić information content (AvgIpc) is 2.28. The van der Waals surface area contributed by atoms with Crippen molar-refractivity contribution in [3.05, 3.63) is 17.2 Å². The molecule has 0 aliphatic heterocycles. The second-order valence-electron chi connectivity index (χ2n) is 2.59. The average molecular weight is 183 g/mol. The van der Waals surface area contributed by atoms with Crippen LogP contribution < -0.4 is 0 Å². The van der Waals surface area contributed by atoms with E-state index in [1.807, 2.05) is 14.0 Å². The van der Waals surface area contributed by atoms with Crippen LogP contribution in [-0.2, 0) is 7.05 Å². The van der Waals surface area contributed by atoms with Gasteiger partial charge in [0.05, 0.1) is 5.39 Å². The van der Waals surface area contributed by atoms with Gasteiger partial charge < -0.3 is 0 Å². The summed E-state index contributed by atoms with van der Waals surface area (Å²) in [6.45, 7) is 1.96. The Kier molecular flexibility index (Phi) is 1.51. The topological polar surface area (TPSA) is 43.6 Å². The molecule has 0 spiro atoms. The van der Waals surface area contributed by atoms with Gasteiger partial charge in [-0.15, -0.1) is 0 Å². The molecule has 2 aromatic heterocycles. The number of halogens is 1. The maximum atomic E-state index is 5.61. The lowest BCUT2D eigenvalue weighted by molar-refractivity contribution is 0.748. The lowest BCUT2D eigenvalue weighted by atomic mass is 10.3. The zero-order chi connectivity index (χ0) is 8.72. The van der Waals surface area contributed by atoms with Crippen LogP contribution >= 0.6 is 11.6 Å². The zero-order valence-corrected chi connectivity index (χ0v) is 7.50. The molecule has 0 radical (unpaired) electrons. The van der Waals surface area contributed by atoms with Crippen LogP contribution in [0.1, 0.15) is 5.69 Å². The third-order valence-electron chi connectivity index (χ3n) is 1.86. The van der Waals surface area contributed by atoms with Crippen LogP contribution in [-0.4, -0.2) is 19.7 Å². The highest BCUT2D eigenvalue weighted by Crippen LogP contribution is 2.14. The van der Waals surface area contributed by atoms with Gasteiger partial charge in [-0.25, -0.2) is 4.98 Å². The van der Waals surface area contributed by atoms with Crippen LogP contribution in [0.15, 0.2) is 6.20 Å². The Bertz CT molecular complexity index is 434. The summed E-state index contributed by atoms with van der Waals surface area (Å²) in [5.41, 5.74) is 1.69. The number of rotatable bonds is 0. The minimum Gasteiger partial charge on any atom is -0.270 e. The van der Waals surface area contributed by atoms with Gasteiger partial charge in [0.1, 0.15) is 0 Å². The molecule has 0 aliphatic carbocycles. The molecule has 0 N–H and O–H groups in total. The molecule has 0 atom stereocenters. The number of aromatic nitrogens is 4. The van der Waals surface area contributed by atoms with E-state index in [-0.39, 0.29) is 5.28 Å². The van der Waals surface area contributed by atoms with Crippen LogP contribution in [0.2, 0.25) is 5.28 Å². The van der Waals surface area contributed by atoms with Crippen molar-refractivity contribution in [1.82, 2.24) is 19.7 Å². The van der Waals surface area contributed by atoms with Crippen LogP contribution in [0.3, 0.4) is 0 Å². The Balaban J connectivity index is 2.87. The molecule has 12 heavy (non-hydrogen) atoms. The molecule has 2 rings (SSSR count). The maximum Gasteiger partial charge on any atom is 0.224 e. The van der Waals surface area contributed by atoms with Gasteiger partial charge >= 0.3 is 0 Å². The number of nitrogens with zero attached hydrogens (tertiary/aromatic N) is 4. The standard InChI is InChI=1S/C7H7ClN4/c1-4-5-3-9-7(8)10-6(5)11-12(4)2/h3H,1-2H3. The summed E-state index contributed by atoms with van der Waals surface area (Å²) in [5.74, 6) is 0. The Morgan fingerprint density at radius 2 is 2.25 bits per heavy atom. The molecule has 5 heteroatoms. The Labute approximate surface area is 74.2 Å². The fourth-order valence-corrected chi connectivity index (χ4v) is 1.20. The van der Waals surface area contributed by atoms with E-state index in [4.69, 9.17) is 11.6 Å². The fraction of sp³-hybridized carbons (Fsp3) is 0.286.